The highest BCUT2D eigenvalue weighted by Gasteiger charge is 2.20. The molecule has 0 saturated heterocycles. The number of anilines is 1. The van der Waals surface area contributed by atoms with Crippen molar-refractivity contribution in [1.29, 1.82) is 0 Å². The molecule has 148 valence electrons. The Kier molecular flexibility index (Phi) is 5.94. The minimum Gasteiger partial charge on any atom is -0.296 e. The zero-order valence-electron chi connectivity index (χ0n) is 15.1. The van der Waals surface area contributed by atoms with Gasteiger partial charge in [-0.3, -0.25) is 25.5 Å². The number of hydrogen-bond acceptors (Lipinski definition) is 10. The summed E-state index contributed by atoms with van der Waals surface area (Å²) >= 11 is 3.99. The SMILES string of the molecule is CC1=CC=C(Sc2ccc(Sc3ncn[nH]3)nc2C(=O)Nc2nccs2)CN1O. The van der Waals surface area contributed by atoms with Gasteiger partial charge < -0.3 is 0 Å². The fourth-order valence-corrected chi connectivity index (χ4v) is 4.52. The molecule has 0 atom stereocenters. The van der Waals surface area contributed by atoms with Crippen LogP contribution in [0.5, 0.6) is 0 Å². The predicted molar refractivity (Wildman–Crippen MR) is 111 cm³/mol. The van der Waals surface area contributed by atoms with E-state index < -0.39 is 0 Å². The van der Waals surface area contributed by atoms with Gasteiger partial charge in [0, 0.05) is 27.1 Å². The second kappa shape index (κ2) is 8.78. The second-order valence-corrected chi connectivity index (χ2v) is 8.85. The van der Waals surface area contributed by atoms with Gasteiger partial charge in [-0.25, -0.2) is 15.0 Å². The number of carbonyl (C=O) groups excluding carboxylic acids is 1. The normalized spacial score (nSPS) is 13.8. The third kappa shape index (κ3) is 4.85. The molecule has 29 heavy (non-hydrogen) atoms. The average molecular weight is 446 g/mol. The number of thiazole rings is 1. The lowest BCUT2D eigenvalue weighted by molar-refractivity contribution is -0.0458. The van der Waals surface area contributed by atoms with Crippen LogP contribution in [0.15, 0.2) is 67.9 Å². The molecule has 0 aromatic carbocycles. The summed E-state index contributed by atoms with van der Waals surface area (Å²) in [5, 5.41) is 23.9. The number of thioether (sulfide) groups is 1. The van der Waals surface area contributed by atoms with E-state index in [9.17, 15) is 10.0 Å². The lowest BCUT2D eigenvalue weighted by Gasteiger charge is -2.22. The minimum absolute atomic E-state index is 0.270. The molecule has 0 unspecified atom stereocenters. The number of carbonyl (C=O) groups is 1. The molecule has 9 nitrogen and oxygen atoms in total. The van der Waals surface area contributed by atoms with E-state index in [1.165, 1.54) is 46.3 Å². The van der Waals surface area contributed by atoms with Gasteiger partial charge >= 0.3 is 0 Å². The highest BCUT2D eigenvalue weighted by atomic mass is 32.2. The van der Waals surface area contributed by atoms with Crippen LogP contribution in [0.2, 0.25) is 0 Å². The van der Waals surface area contributed by atoms with E-state index in [1.807, 2.05) is 31.2 Å². The number of pyridine rings is 1. The van der Waals surface area contributed by atoms with Crippen molar-refractivity contribution < 1.29 is 10.0 Å². The molecule has 3 aromatic rings. The first kappa shape index (κ1) is 19.6. The number of rotatable bonds is 6. The van der Waals surface area contributed by atoms with Crippen LogP contribution in [0.25, 0.3) is 0 Å². The lowest BCUT2D eigenvalue weighted by Crippen LogP contribution is -2.21. The number of aromatic amines is 1. The molecule has 12 heteroatoms. The molecule has 1 amide bonds. The second-order valence-electron chi connectivity index (χ2n) is 5.78. The standard InChI is InChI=1S/C17H15N7O2S3/c1-10-2-3-11(8-24(10)26)28-12-4-5-13(29-17-19-9-20-23-17)21-14(12)15(25)22-16-18-6-7-27-16/h2-7,9,26H,8H2,1H3,(H,18,22,25)(H,19,20,23). The number of amides is 1. The number of nitrogens with one attached hydrogen (secondary N) is 2. The van der Waals surface area contributed by atoms with Crippen LogP contribution < -0.4 is 5.32 Å². The fraction of sp³-hybridized carbons (Fsp3) is 0.118. The Balaban J connectivity index is 1.62. The van der Waals surface area contributed by atoms with Gasteiger partial charge in [-0.2, -0.15) is 5.10 Å². The molecule has 0 radical (unpaired) electrons. The van der Waals surface area contributed by atoms with Gasteiger partial charge in [0.05, 0.1) is 6.54 Å². The quantitative estimate of drug-likeness (QED) is 0.522. The van der Waals surface area contributed by atoms with Crippen LogP contribution in [0.3, 0.4) is 0 Å². The van der Waals surface area contributed by atoms with Crippen molar-refractivity contribution in [3.8, 4) is 0 Å². The van der Waals surface area contributed by atoms with Gasteiger partial charge in [0.2, 0.25) is 0 Å². The topological polar surface area (TPSA) is 120 Å². The van der Waals surface area contributed by atoms with Gasteiger partial charge in [-0.15, -0.1) is 11.3 Å². The molecule has 3 N–H and O–H groups in total. The number of allylic oxidation sites excluding steroid dienone is 3. The Hall–Kier alpha value is -2.67. The molecular formula is C17H15N7O2S3. The third-order valence-electron chi connectivity index (χ3n) is 3.76. The monoisotopic (exact) mass is 445 g/mol. The molecule has 4 rings (SSSR count). The summed E-state index contributed by atoms with van der Waals surface area (Å²) in [5.74, 6) is -0.355. The maximum Gasteiger partial charge on any atom is 0.277 e. The molecular weight excluding hydrogens is 430 g/mol. The molecule has 0 saturated carbocycles. The summed E-state index contributed by atoms with van der Waals surface area (Å²) < 4.78 is 0. The number of H-pyrrole nitrogens is 1. The highest BCUT2D eigenvalue weighted by molar-refractivity contribution is 8.03. The summed E-state index contributed by atoms with van der Waals surface area (Å²) in [4.78, 5) is 27.1. The summed E-state index contributed by atoms with van der Waals surface area (Å²) in [5.41, 5.74) is 1.03. The predicted octanol–water partition coefficient (Wildman–Crippen LogP) is 3.64. The summed E-state index contributed by atoms with van der Waals surface area (Å²) in [7, 11) is 0. The van der Waals surface area contributed by atoms with Crippen LogP contribution in [-0.2, 0) is 0 Å². The number of aromatic nitrogens is 5. The van der Waals surface area contributed by atoms with Crippen molar-refractivity contribution >= 4 is 45.9 Å². The zero-order chi connectivity index (χ0) is 20.2. The number of hydroxylamine groups is 2. The van der Waals surface area contributed by atoms with Gasteiger partial charge in [-0.05, 0) is 43.0 Å². The van der Waals surface area contributed by atoms with Crippen molar-refractivity contribution in [3.05, 3.63) is 58.5 Å². The first-order chi connectivity index (χ1) is 14.1. The Morgan fingerprint density at radius 3 is 2.93 bits per heavy atom. The first-order valence-electron chi connectivity index (χ1n) is 8.35. The van der Waals surface area contributed by atoms with E-state index in [-0.39, 0.29) is 11.6 Å². The summed E-state index contributed by atoms with van der Waals surface area (Å²) in [6.07, 6.45) is 6.78. The highest BCUT2D eigenvalue weighted by Crippen LogP contribution is 2.34. The molecule has 4 heterocycles. The van der Waals surface area contributed by atoms with Crippen LogP contribution >= 0.6 is 34.9 Å². The zero-order valence-corrected chi connectivity index (χ0v) is 17.5. The smallest absolute Gasteiger partial charge is 0.277 e. The van der Waals surface area contributed by atoms with E-state index in [1.54, 1.807) is 11.6 Å². The van der Waals surface area contributed by atoms with Crippen LogP contribution in [0, 0.1) is 0 Å². The molecule has 1 aliphatic rings. The van der Waals surface area contributed by atoms with Gasteiger partial charge in [-0.1, -0.05) is 11.8 Å². The van der Waals surface area contributed by atoms with Crippen molar-refractivity contribution in [2.75, 3.05) is 11.9 Å². The van der Waals surface area contributed by atoms with Crippen molar-refractivity contribution in [3.63, 3.8) is 0 Å². The van der Waals surface area contributed by atoms with Crippen molar-refractivity contribution in [1.82, 2.24) is 30.2 Å². The summed E-state index contributed by atoms with van der Waals surface area (Å²) in [6.45, 7) is 2.16. The van der Waals surface area contributed by atoms with Crippen molar-refractivity contribution in [2.45, 2.75) is 22.0 Å². The number of nitrogens with zero attached hydrogens (tertiary/aromatic N) is 5. The summed E-state index contributed by atoms with van der Waals surface area (Å²) in [6, 6.07) is 3.65. The Labute approximate surface area is 178 Å². The Morgan fingerprint density at radius 2 is 2.21 bits per heavy atom. The van der Waals surface area contributed by atoms with E-state index in [0.29, 0.717) is 26.8 Å². The van der Waals surface area contributed by atoms with E-state index >= 15 is 0 Å². The molecule has 0 spiro atoms. The van der Waals surface area contributed by atoms with Crippen LogP contribution in [0.1, 0.15) is 17.4 Å². The van der Waals surface area contributed by atoms with E-state index in [0.717, 1.165) is 10.6 Å². The Morgan fingerprint density at radius 1 is 1.31 bits per heavy atom. The van der Waals surface area contributed by atoms with Crippen molar-refractivity contribution in [2.24, 2.45) is 0 Å². The van der Waals surface area contributed by atoms with Gasteiger partial charge in [0.1, 0.15) is 17.0 Å². The lowest BCUT2D eigenvalue weighted by atomic mass is 10.3. The molecule has 0 fully saturated rings. The van der Waals surface area contributed by atoms with Gasteiger partial charge in [0.15, 0.2) is 10.3 Å². The maximum atomic E-state index is 12.9. The first-order valence-corrected chi connectivity index (χ1v) is 10.9. The van der Waals surface area contributed by atoms with E-state index in [2.05, 4.69) is 30.5 Å². The average Bonchev–Trinajstić information content (AvgIpc) is 3.40. The van der Waals surface area contributed by atoms with Crippen LogP contribution in [-0.4, -0.2) is 47.9 Å². The Bertz CT molecular complexity index is 1060. The third-order valence-corrected chi connectivity index (χ3v) is 6.35. The van der Waals surface area contributed by atoms with E-state index in [4.69, 9.17) is 0 Å². The molecule has 1 aliphatic heterocycles. The minimum atomic E-state index is -0.355. The molecule has 0 bridgehead atoms. The molecule has 0 aliphatic carbocycles. The fourth-order valence-electron chi connectivity index (χ4n) is 2.35. The maximum absolute atomic E-state index is 12.9. The largest absolute Gasteiger partial charge is 0.296 e. The molecule has 3 aromatic heterocycles. The number of hydrogen-bond donors (Lipinski definition) is 3. The van der Waals surface area contributed by atoms with Crippen LogP contribution in [0.4, 0.5) is 5.13 Å². The van der Waals surface area contributed by atoms with Gasteiger partial charge in [0.25, 0.3) is 5.91 Å².